The fourth-order valence-electron chi connectivity index (χ4n) is 0.966. The highest BCUT2D eigenvalue weighted by Crippen LogP contribution is 2.06. The van der Waals surface area contributed by atoms with Crippen molar-refractivity contribution in [1.82, 2.24) is 10.6 Å². The fourth-order valence-corrected chi connectivity index (χ4v) is 0.966. The van der Waals surface area contributed by atoms with Crippen LogP contribution in [0.4, 0.5) is 9.59 Å². The molecule has 0 aliphatic carbocycles. The fraction of sp³-hybridized carbons (Fsp3) is 0.818. The molecular formula is C11H22N2O4. The van der Waals surface area contributed by atoms with Gasteiger partial charge in [0.2, 0.25) is 0 Å². The van der Waals surface area contributed by atoms with Crippen LogP contribution in [0.5, 0.6) is 0 Å². The summed E-state index contributed by atoms with van der Waals surface area (Å²) in [5.74, 6) is 0. The minimum Gasteiger partial charge on any atom is -0.450 e. The van der Waals surface area contributed by atoms with E-state index in [1.807, 2.05) is 0 Å². The second-order valence-corrected chi connectivity index (χ2v) is 4.43. The quantitative estimate of drug-likeness (QED) is 0.723. The first kappa shape index (κ1) is 15.5. The lowest BCUT2D eigenvalue weighted by Gasteiger charge is -2.19. The van der Waals surface area contributed by atoms with E-state index in [0.717, 1.165) is 0 Å². The largest absolute Gasteiger partial charge is 0.450 e. The molecule has 0 spiro atoms. The Hall–Kier alpha value is -1.46. The predicted octanol–water partition coefficient (Wildman–Crippen LogP) is 1.65. The lowest BCUT2D eigenvalue weighted by Crippen LogP contribution is -2.34. The van der Waals surface area contributed by atoms with Gasteiger partial charge in [-0.3, -0.25) is 0 Å². The Morgan fingerprint density at radius 1 is 1.06 bits per heavy atom. The van der Waals surface area contributed by atoms with Crippen LogP contribution in [0.3, 0.4) is 0 Å². The molecule has 2 N–H and O–H groups in total. The van der Waals surface area contributed by atoms with Gasteiger partial charge in [-0.05, 0) is 34.1 Å². The molecular weight excluding hydrogens is 224 g/mol. The van der Waals surface area contributed by atoms with Crippen molar-refractivity contribution in [3.05, 3.63) is 0 Å². The molecule has 6 nitrogen and oxygen atoms in total. The summed E-state index contributed by atoms with van der Waals surface area (Å²) in [4.78, 5) is 22.1. The summed E-state index contributed by atoms with van der Waals surface area (Å²) in [5, 5.41) is 5.14. The van der Waals surface area contributed by atoms with Crippen LogP contribution in [0, 0.1) is 0 Å². The van der Waals surface area contributed by atoms with Crippen LogP contribution in [-0.4, -0.2) is 37.5 Å². The number of rotatable bonds is 5. The summed E-state index contributed by atoms with van der Waals surface area (Å²) in [6.45, 7) is 8.39. The smallest absolute Gasteiger partial charge is 0.407 e. The Morgan fingerprint density at radius 3 is 2.06 bits per heavy atom. The highest BCUT2D eigenvalue weighted by Gasteiger charge is 2.15. The highest BCUT2D eigenvalue weighted by molar-refractivity contribution is 5.68. The molecule has 0 aromatic rings. The molecule has 0 aromatic heterocycles. The molecule has 6 heteroatoms. The summed E-state index contributed by atoms with van der Waals surface area (Å²) in [6, 6.07) is 0. The molecule has 0 saturated carbocycles. The maximum Gasteiger partial charge on any atom is 0.407 e. The summed E-state index contributed by atoms with van der Waals surface area (Å²) < 4.78 is 9.72. The Bertz CT molecular complexity index is 248. The van der Waals surface area contributed by atoms with Gasteiger partial charge in [-0.2, -0.15) is 0 Å². The minimum atomic E-state index is -0.493. The first-order chi connectivity index (χ1) is 7.85. The van der Waals surface area contributed by atoms with E-state index in [9.17, 15) is 9.59 Å². The van der Waals surface area contributed by atoms with Gasteiger partial charge in [0.15, 0.2) is 0 Å². The van der Waals surface area contributed by atoms with Crippen molar-refractivity contribution in [3.8, 4) is 0 Å². The third kappa shape index (κ3) is 10.8. The topological polar surface area (TPSA) is 76.7 Å². The molecule has 0 unspecified atom stereocenters. The molecule has 0 rings (SSSR count). The Balaban J connectivity index is 3.46. The molecule has 0 aliphatic rings. The zero-order valence-electron chi connectivity index (χ0n) is 11.0. The number of alkyl carbamates (subject to hydrolysis) is 2. The first-order valence-electron chi connectivity index (χ1n) is 5.72. The molecule has 0 aliphatic heterocycles. The van der Waals surface area contributed by atoms with Crippen molar-refractivity contribution in [2.45, 2.75) is 39.7 Å². The highest BCUT2D eigenvalue weighted by atomic mass is 16.6. The SMILES string of the molecule is CCOC(=O)NCCCNC(=O)OC(C)(C)C. The van der Waals surface area contributed by atoms with E-state index in [4.69, 9.17) is 4.74 Å². The maximum atomic E-state index is 11.2. The van der Waals surface area contributed by atoms with E-state index >= 15 is 0 Å². The van der Waals surface area contributed by atoms with Crippen molar-refractivity contribution in [2.24, 2.45) is 0 Å². The molecule has 0 saturated heterocycles. The number of carbonyl (C=O) groups is 2. The summed E-state index contributed by atoms with van der Waals surface area (Å²) in [7, 11) is 0. The van der Waals surface area contributed by atoms with Crippen LogP contribution < -0.4 is 10.6 Å². The zero-order valence-corrected chi connectivity index (χ0v) is 11.0. The average molecular weight is 246 g/mol. The maximum absolute atomic E-state index is 11.2. The minimum absolute atomic E-state index is 0.349. The third-order valence-electron chi connectivity index (χ3n) is 1.57. The predicted molar refractivity (Wildman–Crippen MR) is 63.9 cm³/mol. The van der Waals surface area contributed by atoms with Crippen molar-refractivity contribution in [1.29, 1.82) is 0 Å². The van der Waals surface area contributed by atoms with Crippen molar-refractivity contribution in [3.63, 3.8) is 0 Å². The third-order valence-corrected chi connectivity index (χ3v) is 1.57. The van der Waals surface area contributed by atoms with Gasteiger partial charge < -0.3 is 20.1 Å². The number of hydrogen-bond acceptors (Lipinski definition) is 4. The molecule has 0 radical (unpaired) electrons. The molecule has 0 fully saturated rings. The summed E-state index contributed by atoms with van der Waals surface area (Å²) in [5.41, 5.74) is -0.493. The van der Waals surface area contributed by atoms with E-state index in [0.29, 0.717) is 26.1 Å². The van der Waals surface area contributed by atoms with Crippen LogP contribution in [0.25, 0.3) is 0 Å². The van der Waals surface area contributed by atoms with Gasteiger partial charge in [-0.25, -0.2) is 9.59 Å². The molecule has 0 atom stereocenters. The van der Waals surface area contributed by atoms with Gasteiger partial charge >= 0.3 is 12.2 Å². The van der Waals surface area contributed by atoms with E-state index in [1.165, 1.54) is 0 Å². The summed E-state index contributed by atoms with van der Waals surface area (Å²) >= 11 is 0. The normalized spacial score (nSPS) is 10.6. The second kappa shape index (κ2) is 7.76. The zero-order chi connectivity index (χ0) is 13.3. The Morgan fingerprint density at radius 2 is 1.59 bits per heavy atom. The number of amides is 2. The lowest BCUT2D eigenvalue weighted by atomic mass is 10.2. The number of hydrogen-bond donors (Lipinski definition) is 2. The van der Waals surface area contributed by atoms with Crippen LogP contribution in [0.2, 0.25) is 0 Å². The van der Waals surface area contributed by atoms with E-state index in [1.54, 1.807) is 27.7 Å². The van der Waals surface area contributed by atoms with E-state index < -0.39 is 17.8 Å². The lowest BCUT2D eigenvalue weighted by molar-refractivity contribution is 0.0527. The van der Waals surface area contributed by atoms with Crippen LogP contribution >= 0.6 is 0 Å². The monoisotopic (exact) mass is 246 g/mol. The molecule has 0 aromatic carbocycles. The number of ether oxygens (including phenoxy) is 2. The first-order valence-corrected chi connectivity index (χ1v) is 5.72. The molecule has 0 heterocycles. The van der Waals surface area contributed by atoms with Gasteiger partial charge in [0, 0.05) is 13.1 Å². The van der Waals surface area contributed by atoms with Crippen molar-refractivity contribution < 1.29 is 19.1 Å². The second-order valence-electron chi connectivity index (χ2n) is 4.43. The van der Waals surface area contributed by atoms with Crippen molar-refractivity contribution >= 4 is 12.2 Å². The Kier molecular flexibility index (Phi) is 7.09. The van der Waals surface area contributed by atoms with E-state index in [2.05, 4.69) is 15.4 Å². The number of carbonyl (C=O) groups excluding carboxylic acids is 2. The molecule has 17 heavy (non-hydrogen) atoms. The van der Waals surface area contributed by atoms with Crippen LogP contribution in [0.1, 0.15) is 34.1 Å². The van der Waals surface area contributed by atoms with Crippen LogP contribution in [0.15, 0.2) is 0 Å². The Labute approximate surface area is 102 Å². The van der Waals surface area contributed by atoms with Gasteiger partial charge in [0.05, 0.1) is 6.61 Å². The number of nitrogens with one attached hydrogen (secondary N) is 2. The van der Waals surface area contributed by atoms with E-state index in [-0.39, 0.29) is 0 Å². The molecule has 100 valence electrons. The van der Waals surface area contributed by atoms with Crippen LogP contribution in [-0.2, 0) is 9.47 Å². The van der Waals surface area contributed by atoms with Gasteiger partial charge in [0.25, 0.3) is 0 Å². The summed E-state index contributed by atoms with van der Waals surface area (Å²) in [6.07, 6.45) is -0.267. The van der Waals surface area contributed by atoms with Gasteiger partial charge in [-0.1, -0.05) is 0 Å². The van der Waals surface area contributed by atoms with Gasteiger partial charge in [-0.15, -0.1) is 0 Å². The standard InChI is InChI=1S/C11H22N2O4/c1-5-16-9(14)12-7-6-8-13-10(15)17-11(2,3)4/h5-8H2,1-4H3,(H,12,14)(H,13,15). The van der Waals surface area contributed by atoms with Crippen molar-refractivity contribution in [2.75, 3.05) is 19.7 Å². The average Bonchev–Trinajstić information content (AvgIpc) is 2.14. The van der Waals surface area contributed by atoms with Gasteiger partial charge in [0.1, 0.15) is 5.60 Å². The molecule has 0 bridgehead atoms. The molecule has 2 amide bonds.